The SMILES string of the molecule is Cc1cccc(C)c1CNn1c(C)nc2ccccc21. The summed E-state index contributed by atoms with van der Waals surface area (Å²) < 4.78 is 2.07. The smallest absolute Gasteiger partial charge is 0.125 e. The molecule has 102 valence electrons. The predicted octanol–water partition coefficient (Wildman–Crippen LogP) is 3.71. The molecule has 20 heavy (non-hydrogen) atoms. The third-order valence-corrected chi connectivity index (χ3v) is 3.79. The lowest BCUT2D eigenvalue weighted by Gasteiger charge is -2.14. The average Bonchev–Trinajstić information content (AvgIpc) is 2.74. The van der Waals surface area contributed by atoms with Crippen LogP contribution in [-0.4, -0.2) is 9.66 Å². The summed E-state index contributed by atoms with van der Waals surface area (Å²) in [5.74, 6) is 0.984. The fourth-order valence-corrected chi connectivity index (χ4v) is 2.63. The molecule has 2 aromatic carbocycles. The summed E-state index contributed by atoms with van der Waals surface area (Å²) in [6.07, 6.45) is 0. The van der Waals surface area contributed by atoms with Crippen molar-refractivity contribution in [3.63, 3.8) is 0 Å². The Morgan fingerprint density at radius 1 is 0.950 bits per heavy atom. The standard InChI is InChI=1S/C17H19N3/c1-12-7-6-8-13(2)15(12)11-18-20-14(3)19-16-9-4-5-10-17(16)20/h4-10,18H,11H2,1-3H3. The molecule has 0 atom stereocenters. The molecule has 0 aliphatic rings. The first-order chi connectivity index (χ1) is 9.66. The van der Waals surface area contributed by atoms with Gasteiger partial charge in [-0.1, -0.05) is 30.3 Å². The molecule has 1 aromatic heterocycles. The highest BCUT2D eigenvalue weighted by molar-refractivity contribution is 5.76. The first kappa shape index (κ1) is 12.7. The van der Waals surface area contributed by atoms with Crippen molar-refractivity contribution in [2.45, 2.75) is 27.3 Å². The molecule has 3 heteroatoms. The van der Waals surface area contributed by atoms with Gasteiger partial charge >= 0.3 is 0 Å². The van der Waals surface area contributed by atoms with Crippen LogP contribution >= 0.6 is 0 Å². The second kappa shape index (κ2) is 5.00. The Balaban J connectivity index is 1.93. The summed E-state index contributed by atoms with van der Waals surface area (Å²) in [4.78, 5) is 4.57. The third kappa shape index (κ3) is 2.16. The van der Waals surface area contributed by atoms with Gasteiger partial charge in [0, 0.05) is 0 Å². The van der Waals surface area contributed by atoms with E-state index >= 15 is 0 Å². The van der Waals surface area contributed by atoms with Gasteiger partial charge in [-0.15, -0.1) is 0 Å². The number of para-hydroxylation sites is 2. The second-order valence-electron chi connectivity index (χ2n) is 5.19. The zero-order valence-electron chi connectivity index (χ0n) is 12.1. The first-order valence-corrected chi connectivity index (χ1v) is 6.90. The van der Waals surface area contributed by atoms with Gasteiger partial charge in [0.1, 0.15) is 5.82 Å². The molecule has 0 spiro atoms. The van der Waals surface area contributed by atoms with Crippen LogP contribution in [0.15, 0.2) is 42.5 Å². The molecule has 0 saturated carbocycles. The molecular weight excluding hydrogens is 246 g/mol. The molecule has 3 aromatic rings. The highest BCUT2D eigenvalue weighted by Gasteiger charge is 2.07. The molecule has 0 fully saturated rings. The summed E-state index contributed by atoms with van der Waals surface area (Å²) in [5.41, 5.74) is 9.63. The van der Waals surface area contributed by atoms with Crippen LogP contribution in [0.2, 0.25) is 0 Å². The van der Waals surface area contributed by atoms with E-state index in [9.17, 15) is 0 Å². The molecule has 3 nitrogen and oxygen atoms in total. The lowest BCUT2D eigenvalue weighted by Crippen LogP contribution is -2.17. The van der Waals surface area contributed by atoms with E-state index in [-0.39, 0.29) is 0 Å². The van der Waals surface area contributed by atoms with Crippen LogP contribution < -0.4 is 5.43 Å². The molecule has 1 heterocycles. The van der Waals surface area contributed by atoms with Crippen molar-refractivity contribution in [2.24, 2.45) is 0 Å². The average molecular weight is 265 g/mol. The van der Waals surface area contributed by atoms with Crippen LogP contribution in [-0.2, 0) is 6.54 Å². The molecule has 0 aliphatic heterocycles. The maximum Gasteiger partial charge on any atom is 0.125 e. The Kier molecular flexibility index (Phi) is 3.18. The van der Waals surface area contributed by atoms with E-state index < -0.39 is 0 Å². The molecule has 0 aliphatic carbocycles. The predicted molar refractivity (Wildman–Crippen MR) is 83.5 cm³/mol. The van der Waals surface area contributed by atoms with Crippen molar-refractivity contribution >= 4 is 11.0 Å². The maximum atomic E-state index is 4.57. The van der Waals surface area contributed by atoms with Crippen LogP contribution in [0.1, 0.15) is 22.5 Å². The number of nitrogens with one attached hydrogen (secondary N) is 1. The van der Waals surface area contributed by atoms with Crippen molar-refractivity contribution in [1.82, 2.24) is 9.66 Å². The highest BCUT2D eigenvalue weighted by Crippen LogP contribution is 2.16. The van der Waals surface area contributed by atoms with Crippen LogP contribution in [0.5, 0.6) is 0 Å². The van der Waals surface area contributed by atoms with Gasteiger partial charge in [0.25, 0.3) is 0 Å². The van der Waals surface area contributed by atoms with Crippen molar-refractivity contribution < 1.29 is 0 Å². The van der Waals surface area contributed by atoms with E-state index in [1.165, 1.54) is 16.7 Å². The molecule has 1 N–H and O–H groups in total. The number of rotatable bonds is 3. The van der Waals surface area contributed by atoms with E-state index in [1.54, 1.807) is 0 Å². The lowest BCUT2D eigenvalue weighted by atomic mass is 10.0. The van der Waals surface area contributed by atoms with E-state index in [0.717, 1.165) is 23.4 Å². The molecule has 3 rings (SSSR count). The number of aryl methyl sites for hydroxylation is 3. The summed E-state index contributed by atoms with van der Waals surface area (Å²) in [6, 6.07) is 14.6. The normalized spacial score (nSPS) is 10.9. The van der Waals surface area contributed by atoms with Gasteiger partial charge in [0.05, 0.1) is 17.6 Å². The first-order valence-electron chi connectivity index (χ1n) is 6.90. The number of fused-ring (bicyclic) bond motifs is 1. The minimum Gasteiger partial charge on any atom is -0.320 e. The number of imidazole rings is 1. The van der Waals surface area contributed by atoms with E-state index in [4.69, 9.17) is 0 Å². The van der Waals surface area contributed by atoms with Crippen molar-refractivity contribution in [3.8, 4) is 0 Å². The van der Waals surface area contributed by atoms with Gasteiger partial charge in [-0.3, -0.25) is 0 Å². The monoisotopic (exact) mass is 265 g/mol. The summed E-state index contributed by atoms with van der Waals surface area (Å²) in [7, 11) is 0. The quantitative estimate of drug-likeness (QED) is 0.782. The summed E-state index contributed by atoms with van der Waals surface area (Å²) in [5, 5.41) is 0. The second-order valence-corrected chi connectivity index (χ2v) is 5.19. The molecular formula is C17H19N3. The summed E-state index contributed by atoms with van der Waals surface area (Å²) >= 11 is 0. The van der Waals surface area contributed by atoms with E-state index in [1.807, 2.05) is 25.1 Å². The molecule has 0 saturated heterocycles. The lowest BCUT2D eigenvalue weighted by molar-refractivity contribution is 0.819. The van der Waals surface area contributed by atoms with E-state index in [2.05, 4.69) is 53.2 Å². The Morgan fingerprint density at radius 2 is 1.65 bits per heavy atom. The van der Waals surface area contributed by atoms with Gasteiger partial charge < -0.3 is 5.43 Å². The maximum absolute atomic E-state index is 4.57. The number of nitrogens with zero attached hydrogens (tertiary/aromatic N) is 2. The van der Waals surface area contributed by atoms with Gasteiger partial charge in [-0.05, 0) is 49.6 Å². The number of benzene rings is 2. The largest absolute Gasteiger partial charge is 0.320 e. The van der Waals surface area contributed by atoms with Crippen LogP contribution in [0.25, 0.3) is 11.0 Å². The van der Waals surface area contributed by atoms with Crippen molar-refractivity contribution in [2.75, 3.05) is 5.43 Å². The minimum atomic E-state index is 0.805. The minimum absolute atomic E-state index is 0.805. The summed E-state index contributed by atoms with van der Waals surface area (Å²) in [6.45, 7) is 7.14. The zero-order valence-corrected chi connectivity index (χ0v) is 12.1. The van der Waals surface area contributed by atoms with Gasteiger partial charge in [0.15, 0.2) is 0 Å². The van der Waals surface area contributed by atoms with Crippen molar-refractivity contribution in [3.05, 3.63) is 65.0 Å². The zero-order chi connectivity index (χ0) is 14.1. The number of aromatic nitrogens is 2. The Labute approximate surface area is 119 Å². The van der Waals surface area contributed by atoms with Crippen LogP contribution in [0.3, 0.4) is 0 Å². The fraction of sp³-hybridized carbons (Fsp3) is 0.235. The van der Waals surface area contributed by atoms with Crippen LogP contribution in [0.4, 0.5) is 0 Å². The Hall–Kier alpha value is -2.29. The van der Waals surface area contributed by atoms with Gasteiger partial charge in [0.2, 0.25) is 0 Å². The molecule has 0 bridgehead atoms. The van der Waals surface area contributed by atoms with Crippen molar-refractivity contribution in [1.29, 1.82) is 0 Å². The number of hydrogen-bond donors (Lipinski definition) is 1. The Morgan fingerprint density at radius 3 is 2.40 bits per heavy atom. The molecule has 0 unspecified atom stereocenters. The highest BCUT2D eigenvalue weighted by atomic mass is 15.4. The third-order valence-electron chi connectivity index (χ3n) is 3.79. The van der Waals surface area contributed by atoms with Gasteiger partial charge in [-0.25, -0.2) is 9.66 Å². The molecule has 0 radical (unpaired) electrons. The van der Waals surface area contributed by atoms with Crippen LogP contribution in [0, 0.1) is 20.8 Å². The number of hydrogen-bond acceptors (Lipinski definition) is 2. The topological polar surface area (TPSA) is 29.9 Å². The molecule has 0 amide bonds. The van der Waals surface area contributed by atoms with Gasteiger partial charge in [-0.2, -0.15) is 0 Å². The Bertz CT molecular complexity index is 736. The van der Waals surface area contributed by atoms with E-state index in [0.29, 0.717) is 0 Å². The fourth-order valence-electron chi connectivity index (χ4n) is 2.63.